The predicted octanol–water partition coefficient (Wildman–Crippen LogP) is 1.74. The Morgan fingerprint density at radius 1 is 1.16 bits per heavy atom. The van der Waals surface area contributed by atoms with Crippen LogP contribution in [-0.2, 0) is 0 Å². The molecule has 0 aliphatic heterocycles. The fourth-order valence-electron chi connectivity index (χ4n) is 1.96. The molecule has 2 aromatic heterocycles. The highest BCUT2D eigenvalue weighted by Gasteiger charge is 2.14. The normalized spacial score (nSPS) is 12.2. The summed E-state index contributed by atoms with van der Waals surface area (Å²) in [5, 5.41) is 0. The Morgan fingerprint density at radius 2 is 1.84 bits per heavy atom. The van der Waals surface area contributed by atoms with Crippen LogP contribution < -0.4 is 16.0 Å². The number of hydrogen-bond acceptors (Lipinski definition) is 5. The first-order valence-corrected chi connectivity index (χ1v) is 6.20. The topological polar surface area (TPSA) is 73.1 Å². The molecule has 0 amide bonds. The van der Waals surface area contributed by atoms with Gasteiger partial charge in [-0.2, -0.15) is 0 Å². The van der Waals surface area contributed by atoms with Crippen molar-refractivity contribution in [1.29, 1.82) is 0 Å². The first-order valence-electron chi connectivity index (χ1n) is 6.20. The number of ether oxygens (including phenoxy) is 1. The molecule has 5 nitrogen and oxygen atoms in total. The molecule has 0 saturated carbocycles. The van der Waals surface area contributed by atoms with Crippen molar-refractivity contribution in [3.8, 4) is 5.75 Å². The third kappa shape index (κ3) is 3.27. The molecule has 5 heteroatoms. The summed E-state index contributed by atoms with van der Waals surface area (Å²) in [4.78, 5) is 8.37. The number of aryl methyl sites for hydroxylation is 1. The molecule has 0 bridgehead atoms. The number of nitrogens with one attached hydrogen (secondary N) is 1. The molecular formula is C14H18N4O. The lowest BCUT2D eigenvalue weighted by Crippen LogP contribution is -2.29. The van der Waals surface area contributed by atoms with Crippen molar-refractivity contribution in [1.82, 2.24) is 15.4 Å². The second-order valence-electron chi connectivity index (χ2n) is 4.28. The summed E-state index contributed by atoms with van der Waals surface area (Å²) in [6, 6.07) is 3.83. The highest BCUT2D eigenvalue weighted by Crippen LogP contribution is 2.23. The molecule has 3 N–H and O–H groups in total. The van der Waals surface area contributed by atoms with Crippen LogP contribution in [0.4, 0.5) is 0 Å². The van der Waals surface area contributed by atoms with Gasteiger partial charge in [-0.15, -0.1) is 0 Å². The van der Waals surface area contributed by atoms with Crippen LogP contribution in [-0.4, -0.2) is 16.6 Å². The van der Waals surface area contributed by atoms with Gasteiger partial charge in [0, 0.05) is 18.6 Å². The number of nitrogens with two attached hydrogens (primary N) is 1. The summed E-state index contributed by atoms with van der Waals surface area (Å²) >= 11 is 0. The van der Waals surface area contributed by atoms with Gasteiger partial charge in [0.1, 0.15) is 5.75 Å². The van der Waals surface area contributed by atoms with Crippen molar-refractivity contribution >= 4 is 0 Å². The highest BCUT2D eigenvalue weighted by molar-refractivity contribution is 5.33. The van der Waals surface area contributed by atoms with E-state index in [0.717, 1.165) is 22.4 Å². The summed E-state index contributed by atoms with van der Waals surface area (Å²) < 4.78 is 5.45. The Bertz CT molecular complexity index is 544. The number of aromatic nitrogens is 2. The maximum Gasteiger partial charge on any atom is 0.137 e. The van der Waals surface area contributed by atoms with E-state index in [0.29, 0.717) is 6.61 Å². The van der Waals surface area contributed by atoms with E-state index in [1.165, 1.54) is 0 Å². The third-order valence-corrected chi connectivity index (χ3v) is 2.77. The Balaban J connectivity index is 2.33. The van der Waals surface area contributed by atoms with Crippen molar-refractivity contribution in [2.75, 3.05) is 6.61 Å². The summed E-state index contributed by atoms with van der Waals surface area (Å²) in [7, 11) is 0. The molecule has 0 aromatic carbocycles. The van der Waals surface area contributed by atoms with Gasteiger partial charge in [-0.3, -0.25) is 15.8 Å². The van der Waals surface area contributed by atoms with Gasteiger partial charge in [-0.25, -0.2) is 5.43 Å². The van der Waals surface area contributed by atoms with E-state index in [2.05, 4.69) is 15.4 Å². The van der Waals surface area contributed by atoms with Crippen molar-refractivity contribution in [2.24, 2.45) is 5.84 Å². The SMILES string of the molecule is CCOc1cncc(C(NN)c2cncc(C)c2)c1. The van der Waals surface area contributed by atoms with Crippen LogP contribution in [0, 0.1) is 6.92 Å². The summed E-state index contributed by atoms with van der Waals surface area (Å²) in [5.74, 6) is 6.40. The van der Waals surface area contributed by atoms with Crippen molar-refractivity contribution < 1.29 is 4.74 Å². The lowest BCUT2D eigenvalue weighted by atomic mass is 10.0. The van der Waals surface area contributed by atoms with Crippen molar-refractivity contribution in [3.05, 3.63) is 53.6 Å². The van der Waals surface area contributed by atoms with E-state index in [9.17, 15) is 0 Å². The zero-order chi connectivity index (χ0) is 13.7. The minimum absolute atomic E-state index is 0.152. The summed E-state index contributed by atoms with van der Waals surface area (Å²) in [5.41, 5.74) is 5.83. The maximum atomic E-state index is 5.66. The maximum absolute atomic E-state index is 5.66. The molecule has 2 rings (SSSR count). The number of pyridine rings is 2. The molecule has 1 atom stereocenters. The quantitative estimate of drug-likeness (QED) is 0.631. The lowest BCUT2D eigenvalue weighted by molar-refractivity contribution is 0.338. The van der Waals surface area contributed by atoms with Crippen LogP contribution in [0.15, 0.2) is 36.9 Å². The van der Waals surface area contributed by atoms with E-state index in [1.807, 2.05) is 32.2 Å². The van der Waals surface area contributed by atoms with Gasteiger partial charge >= 0.3 is 0 Å². The zero-order valence-electron chi connectivity index (χ0n) is 11.1. The van der Waals surface area contributed by atoms with Crippen molar-refractivity contribution in [3.63, 3.8) is 0 Å². The van der Waals surface area contributed by atoms with Gasteiger partial charge in [0.15, 0.2) is 0 Å². The average molecular weight is 258 g/mol. The monoisotopic (exact) mass is 258 g/mol. The lowest BCUT2D eigenvalue weighted by Gasteiger charge is -2.17. The van der Waals surface area contributed by atoms with Gasteiger partial charge in [0.25, 0.3) is 0 Å². The molecule has 2 heterocycles. The number of nitrogens with zero attached hydrogens (tertiary/aromatic N) is 2. The first-order chi connectivity index (χ1) is 9.24. The fourth-order valence-corrected chi connectivity index (χ4v) is 1.96. The fraction of sp³-hybridized carbons (Fsp3) is 0.286. The van der Waals surface area contributed by atoms with E-state index >= 15 is 0 Å². The van der Waals surface area contributed by atoms with Crippen LogP contribution in [0.25, 0.3) is 0 Å². The zero-order valence-corrected chi connectivity index (χ0v) is 11.1. The Kier molecular flexibility index (Phi) is 4.43. The molecule has 2 aromatic rings. The minimum atomic E-state index is -0.152. The Morgan fingerprint density at radius 3 is 2.47 bits per heavy atom. The predicted molar refractivity (Wildman–Crippen MR) is 73.5 cm³/mol. The van der Waals surface area contributed by atoms with Gasteiger partial charge in [0.2, 0.25) is 0 Å². The smallest absolute Gasteiger partial charge is 0.137 e. The van der Waals surface area contributed by atoms with Gasteiger partial charge < -0.3 is 4.74 Å². The second-order valence-corrected chi connectivity index (χ2v) is 4.28. The molecule has 19 heavy (non-hydrogen) atoms. The van der Waals surface area contributed by atoms with Gasteiger partial charge in [-0.05, 0) is 36.6 Å². The van der Waals surface area contributed by atoms with Crippen LogP contribution in [0.5, 0.6) is 5.75 Å². The molecule has 0 aliphatic rings. The molecule has 100 valence electrons. The number of hydrogen-bond donors (Lipinski definition) is 2. The van der Waals surface area contributed by atoms with Gasteiger partial charge in [0.05, 0.1) is 18.8 Å². The number of rotatable bonds is 5. The Labute approximate surface area is 112 Å². The average Bonchev–Trinajstić information content (AvgIpc) is 2.41. The Hall–Kier alpha value is -1.98. The molecule has 0 radical (unpaired) electrons. The minimum Gasteiger partial charge on any atom is -0.492 e. The summed E-state index contributed by atoms with van der Waals surface area (Å²) in [6.07, 6.45) is 7.07. The van der Waals surface area contributed by atoms with E-state index < -0.39 is 0 Å². The van der Waals surface area contributed by atoms with E-state index in [4.69, 9.17) is 10.6 Å². The van der Waals surface area contributed by atoms with E-state index in [1.54, 1.807) is 18.6 Å². The first kappa shape index (κ1) is 13.5. The van der Waals surface area contributed by atoms with E-state index in [-0.39, 0.29) is 6.04 Å². The molecule has 0 aliphatic carbocycles. The third-order valence-electron chi connectivity index (χ3n) is 2.77. The van der Waals surface area contributed by atoms with Crippen LogP contribution in [0.1, 0.15) is 29.7 Å². The highest BCUT2D eigenvalue weighted by atomic mass is 16.5. The summed E-state index contributed by atoms with van der Waals surface area (Å²) in [6.45, 7) is 4.55. The standard InChI is InChI=1S/C14H18N4O/c1-3-19-13-5-12(8-17-9-13)14(18-15)11-4-10(2)6-16-7-11/h4-9,14,18H,3,15H2,1-2H3. The van der Waals surface area contributed by atoms with Crippen LogP contribution >= 0.6 is 0 Å². The van der Waals surface area contributed by atoms with Crippen LogP contribution in [0.2, 0.25) is 0 Å². The molecule has 1 unspecified atom stereocenters. The van der Waals surface area contributed by atoms with Crippen LogP contribution in [0.3, 0.4) is 0 Å². The molecule has 0 saturated heterocycles. The largest absolute Gasteiger partial charge is 0.492 e. The number of hydrazine groups is 1. The molecule has 0 fully saturated rings. The molecular weight excluding hydrogens is 240 g/mol. The second kappa shape index (κ2) is 6.26. The molecule has 0 spiro atoms. The van der Waals surface area contributed by atoms with Gasteiger partial charge in [-0.1, -0.05) is 6.07 Å². The van der Waals surface area contributed by atoms with Crippen molar-refractivity contribution in [2.45, 2.75) is 19.9 Å².